The topological polar surface area (TPSA) is 41.5 Å². The lowest BCUT2D eigenvalue weighted by Crippen LogP contribution is -2.53. The first kappa shape index (κ1) is 14.6. The average Bonchev–Trinajstić information content (AvgIpc) is 3.15. The molecule has 1 saturated heterocycles. The minimum atomic E-state index is -0.0387. The van der Waals surface area contributed by atoms with Crippen molar-refractivity contribution < 1.29 is 9.84 Å². The third-order valence-corrected chi connectivity index (χ3v) is 5.96. The van der Waals surface area contributed by atoms with Gasteiger partial charge in [-0.05, 0) is 45.1 Å². The van der Waals surface area contributed by atoms with Crippen LogP contribution in [0.2, 0.25) is 0 Å². The Morgan fingerprint density at radius 3 is 2.67 bits per heavy atom. The summed E-state index contributed by atoms with van der Waals surface area (Å²) in [5, 5.41) is 14.1. The third kappa shape index (κ3) is 3.41. The highest BCUT2D eigenvalue weighted by Gasteiger charge is 2.45. The van der Waals surface area contributed by atoms with E-state index in [2.05, 4.69) is 19.2 Å². The van der Waals surface area contributed by atoms with Gasteiger partial charge in [-0.1, -0.05) is 6.92 Å². The summed E-state index contributed by atoms with van der Waals surface area (Å²) in [6.07, 6.45) is 5.20. The molecule has 106 valence electrons. The van der Waals surface area contributed by atoms with Crippen molar-refractivity contribution in [3.05, 3.63) is 0 Å². The van der Waals surface area contributed by atoms with Crippen LogP contribution < -0.4 is 5.32 Å². The zero-order valence-corrected chi connectivity index (χ0v) is 12.5. The highest BCUT2D eigenvalue weighted by Crippen LogP contribution is 2.42. The summed E-state index contributed by atoms with van der Waals surface area (Å²) in [5.41, 5.74) is -0.0387. The Hall–Kier alpha value is 0.230. The Labute approximate surface area is 115 Å². The lowest BCUT2D eigenvalue weighted by atomic mass is 9.96. The molecule has 1 aliphatic carbocycles. The number of hydrogen-bond donors (Lipinski definition) is 2. The SMILES string of the molecule is CCCNC(CO)(CSC1CCOC1C)C1CC1. The van der Waals surface area contributed by atoms with Crippen molar-refractivity contribution in [2.75, 3.05) is 25.5 Å². The van der Waals surface area contributed by atoms with Crippen molar-refractivity contribution in [2.45, 2.75) is 56.4 Å². The second-order valence-corrected chi connectivity index (χ2v) is 6.96. The fourth-order valence-electron chi connectivity index (χ4n) is 2.74. The van der Waals surface area contributed by atoms with Gasteiger partial charge in [0.15, 0.2) is 0 Å². The molecule has 3 unspecified atom stereocenters. The van der Waals surface area contributed by atoms with E-state index >= 15 is 0 Å². The first-order chi connectivity index (χ1) is 8.72. The smallest absolute Gasteiger partial charge is 0.0666 e. The van der Waals surface area contributed by atoms with Crippen LogP contribution in [0.4, 0.5) is 0 Å². The van der Waals surface area contributed by atoms with Crippen LogP contribution in [-0.4, -0.2) is 47.5 Å². The van der Waals surface area contributed by atoms with E-state index in [-0.39, 0.29) is 12.1 Å². The lowest BCUT2D eigenvalue weighted by molar-refractivity contribution is 0.127. The van der Waals surface area contributed by atoms with E-state index in [9.17, 15) is 5.11 Å². The van der Waals surface area contributed by atoms with Crippen molar-refractivity contribution in [2.24, 2.45) is 5.92 Å². The summed E-state index contributed by atoms with van der Waals surface area (Å²) >= 11 is 1.99. The van der Waals surface area contributed by atoms with Gasteiger partial charge in [0.1, 0.15) is 0 Å². The van der Waals surface area contributed by atoms with Crippen LogP contribution in [0.25, 0.3) is 0 Å². The molecular weight excluding hydrogens is 246 g/mol. The van der Waals surface area contributed by atoms with E-state index in [4.69, 9.17) is 4.74 Å². The largest absolute Gasteiger partial charge is 0.394 e. The Morgan fingerprint density at radius 1 is 1.39 bits per heavy atom. The number of rotatable bonds is 8. The molecule has 0 bridgehead atoms. The quantitative estimate of drug-likeness (QED) is 0.710. The first-order valence-electron chi connectivity index (χ1n) is 7.31. The van der Waals surface area contributed by atoms with Gasteiger partial charge in [0.2, 0.25) is 0 Å². The predicted molar refractivity (Wildman–Crippen MR) is 77.1 cm³/mol. The van der Waals surface area contributed by atoms with E-state index < -0.39 is 0 Å². The summed E-state index contributed by atoms with van der Waals surface area (Å²) in [6, 6.07) is 0. The van der Waals surface area contributed by atoms with Crippen LogP contribution in [0.1, 0.15) is 39.5 Å². The summed E-state index contributed by atoms with van der Waals surface area (Å²) < 4.78 is 5.62. The van der Waals surface area contributed by atoms with Gasteiger partial charge in [0.05, 0.1) is 18.2 Å². The molecule has 0 radical (unpaired) electrons. The van der Waals surface area contributed by atoms with E-state index in [1.165, 1.54) is 12.8 Å². The molecule has 0 aromatic rings. The van der Waals surface area contributed by atoms with Gasteiger partial charge in [0.25, 0.3) is 0 Å². The monoisotopic (exact) mass is 273 g/mol. The molecule has 1 heterocycles. The van der Waals surface area contributed by atoms with Crippen LogP contribution >= 0.6 is 11.8 Å². The molecule has 2 N–H and O–H groups in total. The zero-order valence-electron chi connectivity index (χ0n) is 11.7. The fraction of sp³-hybridized carbons (Fsp3) is 1.00. The number of hydrogen-bond acceptors (Lipinski definition) is 4. The zero-order chi connectivity index (χ0) is 13.0. The van der Waals surface area contributed by atoms with Gasteiger partial charge in [-0.25, -0.2) is 0 Å². The third-order valence-electron chi connectivity index (χ3n) is 4.23. The molecule has 0 spiro atoms. The summed E-state index contributed by atoms with van der Waals surface area (Å²) in [6.45, 7) is 6.53. The van der Waals surface area contributed by atoms with Crippen molar-refractivity contribution in [3.63, 3.8) is 0 Å². The van der Waals surface area contributed by atoms with Crippen LogP contribution in [0.3, 0.4) is 0 Å². The minimum absolute atomic E-state index is 0.0387. The van der Waals surface area contributed by atoms with Crippen LogP contribution in [0.5, 0.6) is 0 Å². The van der Waals surface area contributed by atoms with Gasteiger partial charge in [0, 0.05) is 17.6 Å². The molecule has 2 aliphatic rings. The minimum Gasteiger partial charge on any atom is -0.394 e. The average molecular weight is 273 g/mol. The molecule has 18 heavy (non-hydrogen) atoms. The summed E-state index contributed by atoms with van der Waals surface area (Å²) in [4.78, 5) is 0. The van der Waals surface area contributed by atoms with E-state index in [0.29, 0.717) is 17.3 Å². The van der Waals surface area contributed by atoms with Crippen molar-refractivity contribution in [1.82, 2.24) is 5.32 Å². The molecule has 1 aliphatic heterocycles. The molecule has 3 nitrogen and oxygen atoms in total. The number of ether oxygens (including phenoxy) is 1. The predicted octanol–water partition coefficient (Wildman–Crippen LogP) is 2.04. The molecule has 4 heteroatoms. The maximum absolute atomic E-state index is 9.85. The van der Waals surface area contributed by atoms with Gasteiger partial charge < -0.3 is 15.2 Å². The van der Waals surface area contributed by atoms with E-state index in [1.807, 2.05) is 11.8 Å². The number of thioether (sulfide) groups is 1. The normalized spacial score (nSPS) is 31.5. The van der Waals surface area contributed by atoms with Gasteiger partial charge in [-0.3, -0.25) is 0 Å². The molecule has 2 fully saturated rings. The molecular formula is C14H27NO2S. The van der Waals surface area contributed by atoms with Gasteiger partial charge >= 0.3 is 0 Å². The molecule has 0 aromatic carbocycles. The summed E-state index contributed by atoms with van der Waals surface area (Å²) in [5.74, 6) is 1.70. The molecule has 0 amide bonds. The highest BCUT2D eigenvalue weighted by atomic mass is 32.2. The highest BCUT2D eigenvalue weighted by molar-refractivity contribution is 8.00. The standard InChI is InChI=1S/C14H27NO2S/c1-3-7-15-14(9-16,12-4-5-12)10-18-13-6-8-17-11(13)2/h11-13,15-16H,3-10H2,1-2H3. The van der Waals surface area contributed by atoms with Gasteiger partial charge in [-0.2, -0.15) is 11.8 Å². The Kier molecular flexibility index (Phi) is 5.36. The van der Waals surface area contributed by atoms with Crippen LogP contribution in [-0.2, 0) is 4.74 Å². The summed E-state index contributed by atoms with van der Waals surface area (Å²) in [7, 11) is 0. The maximum atomic E-state index is 9.85. The number of nitrogens with one attached hydrogen (secondary N) is 1. The fourth-order valence-corrected chi connectivity index (χ4v) is 4.29. The lowest BCUT2D eigenvalue weighted by Gasteiger charge is -2.34. The Bertz CT molecular complexity index is 260. The Balaban J connectivity index is 1.87. The van der Waals surface area contributed by atoms with Gasteiger partial charge in [-0.15, -0.1) is 0 Å². The number of aliphatic hydroxyl groups is 1. The molecule has 2 rings (SSSR count). The number of aliphatic hydroxyl groups excluding tert-OH is 1. The van der Waals surface area contributed by atoms with Crippen molar-refractivity contribution in [3.8, 4) is 0 Å². The van der Waals surface area contributed by atoms with E-state index in [0.717, 1.165) is 31.7 Å². The van der Waals surface area contributed by atoms with Crippen molar-refractivity contribution >= 4 is 11.8 Å². The second-order valence-electron chi connectivity index (χ2n) is 5.73. The van der Waals surface area contributed by atoms with Crippen molar-refractivity contribution in [1.29, 1.82) is 0 Å². The molecule has 3 atom stereocenters. The molecule has 1 saturated carbocycles. The maximum Gasteiger partial charge on any atom is 0.0666 e. The van der Waals surface area contributed by atoms with Crippen LogP contribution in [0.15, 0.2) is 0 Å². The second kappa shape index (κ2) is 6.60. The van der Waals surface area contributed by atoms with E-state index in [1.54, 1.807) is 0 Å². The first-order valence-corrected chi connectivity index (χ1v) is 8.36. The molecule has 0 aromatic heterocycles. The Morgan fingerprint density at radius 2 is 2.17 bits per heavy atom. The van der Waals surface area contributed by atoms with Crippen LogP contribution in [0, 0.1) is 5.92 Å².